The zero-order valence-electron chi connectivity index (χ0n) is 12.3. The minimum atomic E-state index is -0.278. The maximum Gasteiger partial charge on any atom is 0.262 e. The molecule has 118 valence electrons. The lowest BCUT2D eigenvalue weighted by Crippen LogP contribution is -2.28. The highest BCUT2D eigenvalue weighted by Gasteiger charge is 2.17. The molecule has 3 rings (SSSR count). The molecule has 0 bridgehead atoms. The number of anilines is 1. The summed E-state index contributed by atoms with van der Waals surface area (Å²) >= 11 is 0. The van der Waals surface area contributed by atoms with Crippen LogP contribution in [0, 0.1) is 5.82 Å². The molecule has 0 spiro atoms. The van der Waals surface area contributed by atoms with Gasteiger partial charge in [-0.25, -0.2) is 4.39 Å². The summed E-state index contributed by atoms with van der Waals surface area (Å²) in [5.74, 6) is -0.310. The topological polar surface area (TPSA) is 67.4 Å². The number of nitrogens with one attached hydrogen (secondary N) is 2. The van der Waals surface area contributed by atoms with Crippen molar-refractivity contribution in [3.8, 4) is 5.75 Å². The predicted molar refractivity (Wildman–Crippen MR) is 83.0 cm³/mol. The maximum atomic E-state index is 13.5. The lowest BCUT2D eigenvalue weighted by Gasteiger charge is -2.18. The number of amides is 2. The highest BCUT2D eigenvalue weighted by molar-refractivity contribution is 5.98. The molecule has 1 heterocycles. The summed E-state index contributed by atoms with van der Waals surface area (Å²) in [5.41, 5.74) is 1.53. The summed E-state index contributed by atoms with van der Waals surface area (Å²) in [6.07, 6.45) is 0.413. The molecule has 0 unspecified atom stereocenters. The monoisotopic (exact) mass is 314 g/mol. The molecule has 0 saturated carbocycles. The molecule has 1 aliphatic heterocycles. The second-order valence-electron chi connectivity index (χ2n) is 5.15. The van der Waals surface area contributed by atoms with Crippen molar-refractivity contribution >= 4 is 17.5 Å². The number of ether oxygens (including phenoxy) is 1. The van der Waals surface area contributed by atoms with Crippen molar-refractivity contribution in [1.82, 2.24) is 5.32 Å². The van der Waals surface area contributed by atoms with Crippen molar-refractivity contribution in [3.05, 3.63) is 59.4 Å². The number of carbonyl (C=O) groups excluding carboxylic acids is 2. The normalized spacial score (nSPS) is 12.8. The summed E-state index contributed by atoms with van der Waals surface area (Å²) in [7, 11) is 0. The smallest absolute Gasteiger partial charge is 0.262 e. The Kier molecular flexibility index (Phi) is 4.23. The molecule has 0 fully saturated rings. The summed E-state index contributed by atoms with van der Waals surface area (Å²) in [5, 5.41) is 5.40. The number of benzene rings is 2. The Morgan fingerprint density at radius 1 is 1.26 bits per heavy atom. The van der Waals surface area contributed by atoms with Crippen molar-refractivity contribution in [2.24, 2.45) is 0 Å². The number of hydrogen-bond donors (Lipinski definition) is 2. The first-order valence-electron chi connectivity index (χ1n) is 7.22. The molecule has 0 aromatic heterocycles. The van der Waals surface area contributed by atoms with Gasteiger partial charge in [-0.15, -0.1) is 0 Å². The van der Waals surface area contributed by atoms with Gasteiger partial charge in [-0.3, -0.25) is 9.59 Å². The number of fused-ring (bicyclic) bond motifs is 1. The third-order valence-electron chi connectivity index (χ3n) is 3.51. The highest BCUT2D eigenvalue weighted by atomic mass is 19.1. The molecule has 0 aliphatic carbocycles. The Balaban J connectivity index is 1.60. The molecular formula is C17H15FN2O3. The van der Waals surface area contributed by atoms with E-state index in [4.69, 9.17) is 4.74 Å². The number of halogens is 1. The minimum absolute atomic E-state index is 0.0641. The Morgan fingerprint density at radius 2 is 2.09 bits per heavy atom. The first kappa shape index (κ1) is 15.0. The van der Waals surface area contributed by atoms with E-state index in [1.807, 2.05) is 0 Å². The van der Waals surface area contributed by atoms with Gasteiger partial charge in [0.25, 0.3) is 11.8 Å². The summed E-state index contributed by atoms with van der Waals surface area (Å²) < 4.78 is 18.8. The SMILES string of the molecule is O=C1COc2cc(C(=O)NCCc3ccccc3F)ccc2N1. The van der Waals surface area contributed by atoms with Gasteiger partial charge in [-0.05, 0) is 36.2 Å². The Hall–Kier alpha value is -2.89. The molecule has 2 N–H and O–H groups in total. The van der Waals surface area contributed by atoms with E-state index in [2.05, 4.69) is 10.6 Å². The number of rotatable bonds is 4. The van der Waals surface area contributed by atoms with Crippen LogP contribution < -0.4 is 15.4 Å². The van der Waals surface area contributed by atoms with Gasteiger partial charge in [0.2, 0.25) is 0 Å². The van der Waals surface area contributed by atoms with E-state index in [1.54, 1.807) is 36.4 Å². The van der Waals surface area contributed by atoms with Gasteiger partial charge in [0.1, 0.15) is 11.6 Å². The van der Waals surface area contributed by atoms with Gasteiger partial charge in [-0.2, -0.15) is 0 Å². The second-order valence-corrected chi connectivity index (χ2v) is 5.15. The second kappa shape index (κ2) is 6.48. The number of hydrogen-bond acceptors (Lipinski definition) is 3. The van der Waals surface area contributed by atoms with Gasteiger partial charge >= 0.3 is 0 Å². The van der Waals surface area contributed by atoms with Crippen LogP contribution in [0.15, 0.2) is 42.5 Å². The van der Waals surface area contributed by atoms with Gasteiger partial charge in [0, 0.05) is 12.1 Å². The van der Waals surface area contributed by atoms with E-state index in [9.17, 15) is 14.0 Å². The van der Waals surface area contributed by atoms with E-state index >= 15 is 0 Å². The van der Waals surface area contributed by atoms with Gasteiger partial charge < -0.3 is 15.4 Å². The zero-order chi connectivity index (χ0) is 16.2. The van der Waals surface area contributed by atoms with Crippen molar-refractivity contribution in [2.45, 2.75) is 6.42 Å². The molecule has 23 heavy (non-hydrogen) atoms. The van der Waals surface area contributed by atoms with E-state index < -0.39 is 0 Å². The quantitative estimate of drug-likeness (QED) is 0.908. The van der Waals surface area contributed by atoms with E-state index in [0.717, 1.165) is 0 Å². The van der Waals surface area contributed by atoms with Crippen LogP contribution in [0.25, 0.3) is 0 Å². The molecule has 2 amide bonds. The predicted octanol–water partition coefficient (Wildman–Crippen LogP) is 2.13. The fourth-order valence-corrected chi connectivity index (χ4v) is 2.33. The van der Waals surface area contributed by atoms with E-state index in [1.165, 1.54) is 6.07 Å². The highest BCUT2D eigenvalue weighted by Crippen LogP contribution is 2.28. The molecule has 2 aromatic carbocycles. The van der Waals surface area contributed by atoms with Crippen molar-refractivity contribution in [1.29, 1.82) is 0 Å². The average molecular weight is 314 g/mol. The van der Waals surface area contributed by atoms with Crippen LogP contribution in [-0.4, -0.2) is 25.0 Å². The fourth-order valence-electron chi connectivity index (χ4n) is 2.33. The van der Waals surface area contributed by atoms with Gasteiger partial charge in [0.05, 0.1) is 5.69 Å². The summed E-state index contributed by atoms with van der Waals surface area (Å²) in [6.45, 7) is 0.264. The lowest BCUT2D eigenvalue weighted by molar-refractivity contribution is -0.118. The fraction of sp³-hybridized carbons (Fsp3) is 0.176. The molecule has 1 aliphatic rings. The van der Waals surface area contributed by atoms with Crippen LogP contribution >= 0.6 is 0 Å². The average Bonchev–Trinajstić information content (AvgIpc) is 2.56. The van der Waals surface area contributed by atoms with Crippen LogP contribution in [0.1, 0.15) is 15.9 Å². The Bertz CT molecular complexity index is 761. The zero-order valence-corrected chi connectivity index (χ0v) is 12.3. The standard InChI is InChI=1S/C17H15FN2O3/c18-13-4-2-1-3-11(13)7-8-19-17(22)12-5-6-14-15(9-12)23-10-16(21)20-14/h1-6,9H,7-8,10H2,(H,19,22)(H,20,21). The molecule has 6 heteroatoms. The maximum absolute atomic E-state index is 13.5. The van der Waals surface area contributed by atoms with E-state index in [0.29, 0.717) is 35.5 Å². The molecule has 0 saturated heterocycles. The molecule has 5 nitrogen and oxygen atoms in total. The third kappa shape index (κ3) is 3.48. The lowest BCUT2D eigenvalue weighted by atomic mass is 10.1. The van der Waals surface area contributed by atoms with Crippen LogP contribution in [0.2, 0.25) is 0 Å². The molecule has 2 aromatic rings. The van der Waals surface area contributed by atoms with Crippen LogP contribution in [0.5, 0.6) is 5.75 Å². The Morgan fingerprint density at radius 3 is 2.91 bits per heavy atom. The minimum Gasteiger partial charge on any atom is -0.482 e. The molecule has 0 radical (unpaired) electrons. The first-order chi connectivity index (χ1) is 11.1. The summed E-state index contributed by atoms with van der Waals surface area (Å²) in [6, 6.07) is 11.3. The van der Waals surface area contributed by atoms with E-state index in [-0.39, 0.29) is 24.2 Å². The van der Waals surface area contributed by atoms with Crippen molar-refractivity contribution in [3.63, 3.8) is 0 Å². The van der Waals surface area contributed by atoms with Crippen LogP contribution in [-0.2, 0) is 11.2 Å². The third-order valence-corrected chi connectivity index (χ3v) is 3.51. The molecule has 0 atom stereocenters. The summed E-state index contributed by atoms with van der Waals surface area (Å²) in [4.78, 5) is 23.3. The molecular weight excluding hydrogens is 299 g/mol. The Labute approximate surface area is 132 Å². The number of carbonyl (C=O) groups is 2. The van der Waals surface area contributed by atoms with Gasteiger partial charge in [-0.1, -0.05) is 18.2 Å². The van der Waals surface area contributed by atoms with Gasteiger partial charge in [0.15, 0.2) is 6.61 Å². The van der Waals surface area contributed by atoms with Crippen LogP contribution in [0.3, 0.4) is 0 Å². The van der Waals surface area contributed by atoms with Crippen molar-refractivity contribution < 1.29 is 18.7 Å². The first-order valence-corrected chi connectivity index (χ1v) is 7.22. The van der Waals surface area contributed by atoms with Crippen LogP contribution in [0.4, 0.5) is 10.1 Å². The van der Waals surface area contributed by atoms with Crippen molar-refractivity contribution in [2.75, 3.05) is 18.5 Å². The largest absolute Gasteiger partial charge is 0.482 e.